The molecule has 1 aromatic carbocycles. The first kappa shape index (κ1) is 9.68. The molecule has 3 nitrogen and oxygen atoms in total. The molecule has 0 aromatic heterocycles. The number of rotatable bonds is 2. The number of hydrogen-bond donors (Lipinski definition) is 1. The van der Waals surface area contributed by atoms with Crippen LogP contribution in [0.15, 0.2) is 29.2 Å². The van der Waals surface area contributed by atoms with Crippen molar-refractivity contribution >= 4 is 16.5 Å². The van der Waals surface area contributed by atoms with E-state index in [2.05, 4.69) is 0 Å². The summed E-state index contributed by atoms with van der Waals surface area (Å²) in [6.07, 6.45) is 0.876. The van der Waals surface area contributed by atoms with Crippen LogP contribution in [0.5, 0.6) is 0 Å². The topological polar surface area (TPSA) is 52.3 Å². The minimum absolute atomic E-state index is 0.136. The maximum absolute atomic E-state index is 12.0. The predicted molar refractivity (Wildman–Crippen MR) is 56.5 cm³/mol. The SMILES string of the molecule is Nc1cccc(S(=O)C2CCOC2)c1. The van der Waals surface area contributed by atoms with Gasteiger partial charge >= 0.3 is 0 Å². The molecule has 0 bridgehead atoms. The van der Waals surface area contributed by atoms with Crippen LogP contribution in [0.3, 0.4) is 0 Å². The van der Waals surface area contributed by atoms with E-state index >= 15 is 0 Å². The van der Waals surface area contributed by atoms with Gasteiger partial charge in [-0.1, -0.05) is 6.07 Å². The Morgan fingerprint density at radius 3 is 3.00 bits per heavy atom. The summed E-state index contributed by atoms with van der Waals surface area (Å²) in [5.41, 5.74) is 6.29. The lowest BCUT2D eigenvalue weighted by Gasteiger charge is -2.07. The largest absolute Gasteiger partial charge is 0.399 e. The third-order valence-corrected chi connectivity index (χ3v) is 3.98. The van der Waals surface area contributed by atoms with Crippen molar-refractivity contribution in [2.75, 3.05) is 18.9 Å². The second kappa shape index (κ2) is 4.11. The monoisotopic (exact) mass is 211 g/mol. The third-order valence-electron chi connectivity index (χ3n) is 2.28. The molecule has 0 amide bonds. The molecule has 1 aliphatic heterocycles. The summed E-state index contributed by atoms with van der Waals surface area (Å²) < 4.78 is 17.2. The van der Waals surface area contributed by atoms with Crippen molar-refractivity contribution in [2.24, 2.45) is 0 Å². The predicted octanol–water partition coefficient (Wildman–Crippen LogP) is 1.17. The van der Waals surface area contributed by atoms with Gasteiger partial charge in [0, 0.05) is 17.2 Å². The number of ether oxygens (including phenoxy) is 1. The Kier molecular flexibility index (Phi) is 2.84. The van der Waals surface area contributed by atoms with Gasteiger partial charge in [0.15, 0.2) is 0 Å². The maximum Gasteiger partial charge on any atom is 0.0650 e. The van der Waals surface area contributed by atoms with E-state index in [4.69, 9.17) is 10.5 Å². The minimum atomic E-state index is -0.974. The average Bonchev–Trinajstić information content (AvgIpc) is 2.69. The molecule has 0 saturated carbocycles. The second-order valence-corrected chi connectivity index (χ2v) is 5.09. The molecule has 2 atom stereocenters. The molecule has 2 N–H and O–H groups in total. The molecular weight excluding hydrogens is 198 g/mol. The van der Waals surface area contributed by atoms with E-state index in [1.54, 1.807) is 12.1 Å². The Bertz CT molecular complexity index is 348. The summed E-state index contributed by atoms with van der Waals surface area (Å²) in [5.74, 6) is 0. The quantitative estimate of drug-likeness (QED) is 0.747. The van der Waals surface area contributed by atoms with Gasteiger partial charge in [-0.2, -0.15) is 0 Å². The number of nitrogen functional groups attached to an aromatic ring is 1. The second-order valence-electron chi connectivity index (χ2n) is 3.36. The van der Waals surface area contributed by atoms with Crippen LogP contribution in [0.1, 0.15) is 6.42 Å². The zero-order valence-corrected chi connectivity index (χ0v) is 8.63. The molecule has 1 fully saturated rings. The van der Waals surface area contributed by atoms with Crippen LogP contribution in [0.2, 0.25) is 0 Å². The smallest absolute Gasteiger partial charge is 0.0650 e. The molecule has 2 rings (SSSR count). The van der Waals surface area contributed by atoms with E-state index in [9.17, 15) is 4.21 Å². The van der Waals surface area contributed by atoms with Gasteiger partial charge in [0.1, 0.15) is 0 Å². The fraction of sp³-hybridized carbons (Fsp3) is 0.400. The highest BCUT2D eigenvalue weighted by atomic mass is 32.2. The van der Waals surface area contributed by atoms with Gasteiger partial charge < -0.3 is 10.5 Å². The van der Waals surface area contributed by atoms with Crippen LogP contribution >= 0.6 is 0 Å². The fourth-order valence-corrected chi connectivity index (χ4v) is 2.89. The Morgan fingerprint density at radius 2 is 2.36 bits per heavy atom. The standard InChI is InChI=1S/C10H13NO2S/c11-8-2-1-3-9(6-8)14(12)10-4-5-13-7-10/h1-3,6,10H,4-5,7,11H2. The Hall–Kier alpha value is -0.870. The minimum Gasteiger partial charge on any atom is -0.399 e. The van der Waals surface area contributed by atoms with Gasteiger partial charge in [-0.25, -0.2) is 0 Å². The Balaban J connectivity index is 2.17. The lowest BCUT2D eigenvalue weighted by Crippen LogP contribution is -2.14. The Labute approximate surface area is 85.7 Å². The van der Waals surface area contributed by atoms with E-state index in [0.29, 0.717) is 12.3 Å². The van der Waals surface area contributed by atoms with Gasteiger partial charge in [0.2, 0.25) is 0 Å². The molecule has 1 saturated heterocycles. The first-order valence-electron chi connectivity index (χ1n) is 4.61. The van der Waals surface area contributed by atoms with Crippen molar-refractivity contribution in [3.05, 3.63) is 24.3 Å². The van der Waals surface area contributed by atoms with Crippen molar-refractivity contribution in [2.45, 2.75) is 16.6 Å². The van der Waals surface area contributed by atoms with Crippen LogP contribution in [0.25, 0.3) is 0 Å². The molecule has 2 unspecified atom stereocenters. The summed E-state index contributed by atoms with van der Waals surface area (Å²) in [6, 6.07) is 7.25. The molecule has 4 heteroatoms. The highest BCUT2D eigenvalue weighted by molar-refractivity contribution is 7.85. The van der Waals surface area contributed by atoms with Crippen LogP contribution in [0.4, 0.5) is 5.69 Å². The highest BCUT2D eigenvalue weighted by Crippen LogP contribution is 2.19. The average molecular weight is 211 g/mol. The first-order valence-corrected chi connectivity index (χ1v) is 5.82. The summed E-state index contributed by atoms with van der Waals surface area (Å²) in [5, 5.41) is 0.136. The van der Waals surface area contributed by atoms with Crippen molar-refractivity contribution in [3.63, 3.8) is 0 Å². The van der Waals surface area contributed by atoms with E-state index in [1.807, 2.05) is 12.1 Å². The van der Waals surface area contributed by atoms with Crippen molar-refractivity contribution < 1.29 is 8.95 Å². The van der Waals surface area contributed by atoms with Gasteiger partial charge in [-0.3, -0.25) is 4.21 Å². The third kappa shape index (κ3) is 1.96. The number of anilines is 1. The van der Waals surface area contributed by atoms with Crippen LogP contribution in [-0.4, -0.2) is 22.7 Å². The molecule has 0 spiro atoms. The molecule has 14 heavy (non-hydrogen) atoms. The first-order chi connectivity index (χ1) is 6.77. The molecule has 0 aliphatic carbocycles. The summed E-state index contributed by atoms with van der Waals surface area (Å²) >= 11 is 0. The van der Waals surface area contributed by atoms with Gasteiger partial charge in [-0.15, -0.1) is 0 Å². The number of hydrogen-bond acceptors (Lipinski definition) is 3. The van der Waals surface area contributed by atoms with Crippen molar-refractivity contribution in [3.8, 4) is 0 Å². The van der Waals surface area contributed by atoms with Crippen molar-refractivity contribution in [1.29, 1.82) is 0 Å². The van der Waals surface area contributed by atoms with Gasteiger partial charge in [-0.05, 0) is 24.6 Å². The molecule has 0 radical (unpaired) electrons. The Morgan fingerprint density at radius 1 is 1.50 bits per heavy atom. The van der Waals surface area contributed by atoms with Crippen LogP contribution in [-0.2, 0) is 15.5 Å². The van der Waals surface area contributed by atoms with Gasteiger partial charge in [0.05, 0.1) is 22.7 Å². The van der Waals surface area contributed by atoms with Crippen LogP contribution in [0, 0.1) is 0 Å². The molecule has 1 aliphatic rings. The lowest BCUT2D eigenvalue weighted by atomic mass is 10.3. The molecular formula is C10H13NO2S. The zero-order chi connectivity index (χ0) is 9.97. The van der Waals surface area contributed by atoms with Crippen molar-refractivity contribution in [1.82, 2.24) is 0 Å². The van der Waals surface area contributed by atoms with E-state index < -0.39 is 10.8 Å². The van der Waals surface area contributed by atoms with E-state index in [-0.39, 0.29) is 5.25 Å². The number of nitrogens with two attached hydrogens (primary N) is 1. The maximum atomic E-state index is 12.0. The van der Waals surface area contributed by atoms with Crippen LogP contribution < -0.4 is 5.73 Å². The summed E-state index contributed by atoms with van der Waals surface area (Å²) in [6.45, 7) is 1.32. The normalized spacial score (nSPS) is 23.6. The number of benzene rings is 1. The molecule has 1 aromatic rings. The van der Waals surface area contributed by atoms with Gasteiger partial charge in [0.25, 0.3) is 0 Å². The highest BCUT2D eigenvalue weighted by Gasteiger charge is 2.23. The zero-order valence-electron chi connectivity index (χ0n) is 7.81. The molecule has 1 heterocycles. The van der Waals surface area contributed by atoms with E-state index in [1.165, 1.54) is 0 Å². The molecule has 76 valence electrons. The summed E-state index contributed by atoms with van der Waals surface area (Å²) in [4.78, 5) is 0.806. The fourth-order valence-electron chi connectivity index (χ4n) is 1.51. The lowest BCUT2D eigenvalue weighted by molar-refractivity contribution is 0.199. The summed E-state index contributed by atoms with van der Waals surface area (Å²) in [7, 11) is -0.974. The van der Waals surface area contributed by atoms with E-state index in [0.717, 1.165) is 17.9 Å².